The molecule has 0 fully saturated rings. The molecule has 100 valence electrons. The number of phenols is 1. The highest BCUT2D eigenvalue weighted by molar-refractivity contribution is 5.48. The number of halogens is 1. The van der Waals surface area contributed by atoms with Crippen molar-refractivity contribution in [3.8, 4) is 11.5 Å². The van der Waals surface area contributed by atoms with Crippen LogP contribution in [-0.4, -0.2) is 5.11 Å². The van der Waals surface area contributed by atoms with Crippen LogP contribution in [0.5, 0.6) is 11.5 Å². The molecule has 0 amide bonds. The summed E-state index contributed by atoms with van der Waals surface area (Å²) in [4.78, 5) is 0. The molecule has 2 aromatic rings. The first-order chi connectivity index (χ1) is 9.00. The van der Waals surface area contributed by atoms with Crippen molar-refractivity contribution in [1.82, 2.24) is 0 Å². The SMILES string of the molecule is Cc1cc(OCc2ccccc2N)c(C)c(F)c1O. The lowest BCUT2D eigenvalue weighted by Gasteiger charge is -2.13. The third-order valence-corrected chi connectivity index (χ3v) is 3.07. The first-order valence-corrected chi connectivity index (χ1v) is 5.95. The summed E-state index contributed by atoms with van der Waals surface area (Å²) in [5.74, 6) is -0.559. The van der Waals surface area contributed by atoms with Gasteiger partial charge in [-0.2, -0.15) is 0 Å². The molecule has 0 aliphatic rings. The molecule has 0 spiro atoms. The first kappa shape index (κ1) is 13.2. The van der Waals surface area contributed by atoms with E-state index in [0.29, 0.717) is 17.0 Å². The van der Waals surface area contributed by atoms with Gasteiger partial charge in [0, 0.05) is 16.8 Å². The molecule has 2 rings (SSSR count). The Morgan fingerprint density at radius 3 is 2.63 bits per heavy atom. The van der Waals surface area contributed by atoms with Crippen molar-refractivity contribution in [2.45, 2.75) is 20.5 Å². The Morgan fingerprint density at radius 2 is 1.95 bits per heavy atom. The average Bonchev–Trinajstić information content (AvgIpc) is 2.40. The third-order valence-electron chi connectivity index (χ3n) is 3.07. The van der Waals surface area contributed by atoms with E-state index in [-0.39, 0.29) is 17.9 Å². The molecular formula is C15H16FNO2. The van der Waals surface area contributed by atoms with E-state index in [1.807, 2.05) is 18.2 Å². The largest absolute Gasteiger partial charge is 0.505 e. The zero-order valence-corrected chi connectivity index (χ0v) is 10.9. The van der Waals surface area contributed by atoms with Gasteiger partial charge in [0.2, 0.25) is 0 Å². The number of aromatic hydroxyl groups is 1. The fourth-order valence-corrected chi connectivity index (χ4v) is 1.80. The maximum atomic E-state index is 13.7. The number of phenolic OH excluding ortho intramolecular Hbond substituents is 1. The second kappa shape index (κ2) is 5.18. The molecule has 19 heavy (non-hydrogen) atoms. The normalized spacial score (nSPS) is 10.5. The maximum absolute atomic E-state index is 13.7. The molecule has 0 heterocycles. The summed E-state index contributed by atoms with van der Waals surface area (Å²) in [6.45, 7) is 3.46. The quantitative estimate of drug-likeness (QED) is 0.833. The predicted molar refractivity (Wildman–Crippen MR) is 72.7 cm³/mol. The van der Waals surface area contributed by atoms with E-state index in [9.17, 15) is 9.50 Å². The fourth-order valence-electron chi connectivity index (χ4n) is 1.80. The molecular weight excluding hydrogens is 245 g/mol. The minimum absolute atomic E-state index is 0.261. The topological polar surface area (TPSA) is 55.5 Å². The number of para-hydroxylation sites is 1. The lowest BCUT2D eigenvalue weighted by atomic mass is 10.1. The van der Waals surface area contributed by atoms with E-state index in [4.69, 9.17) is 10.5 Å². The maximum Gasteiger partial charge on any atom is 0.171 e. The average molecular weight is 261 g/mol. The van der Waals surface area contributed by atoms with E-state index in [1.54, 1.807) is 26.0 Å². The van der Waals surface area contributed by atoms with Gasteiger partial charge in [-0.25, -0.2) is 4.39 Å². The van der Waals surface area contributed by atoms with Crippen molar-refractivity contribution >= 4 is 5.69 Å². The van der Waals surface area contributed by atoms with Crippen LogP contribution in [0.25, 0.3) is 0 Å². The molecule has 4 heteroatoms. The van der Waals surface area contributed by atoms with Crippen molar-refractivity contribution in [3.63, 3.8) is 0 Å². The van der Waals surface area contributed by atoms with Crippen LogP contribution in [-0.2, 0) is 6.61 Å². The van der Waals surface area contributed by atoms with Crippen LogP contribution >= 0.6 is 0 Å². The van der Waals surface area contributed by atoms with Crippen molar-refractivity contribution in [2.75, 3.05) is 5.73 Å². The summed E-state index contributed by atoms with van der Waals surface area (Å²) in [7, 11) is 0. The highest BCUT2D eigenvalue weighted by Gasteiger charge is 2.13. The summed E-state index contributed by atoms with van der Waals surface area (Å²) in [6.07, 6.45) is 0. The van der Waals surface area contributed by atoms with Gasteiger partial charge in [-0.15, -0.1) is 0 Å². The summed E-state index contributed by atoms with van der Waals surface area (Å²) < 4.78 is 19.3. The van der Waals surface area contributed by atoms with Crippen molar-refractivity contribution in [3.05, 3.63) is 52.8 Å². The Bertz CT molecular complexity index is 611. The van der Waals surface area contributed by atoms with Crippen LogP contribution in [0.1, 0.15) is 16.7 Å². The van der Waals surface area contributed by atoms with E-state index in [1.165, 1.54) is 0 Å². The smallest absolute Gasteiger partial charge is 0.171 e. The van der Waals surface area contributed by atoms with Crippen LogP contribution < -0.4 is 10.5 Å². The molecule has 0 saturated heterocycles. The van der Waals surface area contributed by atoms with Crippen LogP contribution in [0.3, 0.4) is 0 Å². The predicted octanol–water partition coefficient (Wildman–Crippen LogP) is 3.31. The highest BCUT2D eigenvalue weighted by Crippen LogP contribution is 2.31. The van der Waals surface area contributed by atoms with Gasteiger partial charge >= 0.3 is 0 Å². The molecule has 0 aliphatic heterocycles. The minimum Gasteiger partial charge on any atom is -0.505 e. The second-order valence-corrected chi connectivity index (χ2v) is 4.47. The lowest BCUT2D eigenvalue weighted by Crippen LogP contribution is -2.02. The summed E-state index contributed by atoms with van der Waals surface area (Å²) in [5.41, 5.74) is 8.02. The van der Waals surface area contributed by atoms with E-state index >= 15 is 0 Å². The monoisotopic (exact) mass is 261 g/mol. The van der Waals surface area contributed by atoms with Crippen LogP contribution in [0.15, 0.2) is 30.3 Å². The van der Waals surface area contributed by atoms with Gasteiger partial charge in [0.25, 0.3) is 0 Å². The van der Waals surface area contributed by atoms with Crippen molar-refractivity contribution in [1.29, 1.82) is 0 Å². The molecule has 0 atom stereocenters. The van der Waals surface area contributed by atoms with Crippen LogP contribution in [0.4, 0.5) is 10.1 Å². The van der Waals surface area contributed by atoms with E-state index in [2.05, 4.69) is 0 Å². The highest BCUT2D eigenvalue weighted by atomic mass is 19.1. The second-order valence-electron chi connectivity index (χ2n) is 4.47. The van der Waals surface area contributed by atoms with Crippen LogP contribution in [0.2, 0.25) is 0 Å². The molecule has 3 nitrogen and oxygen atoms in total. The van der Waals surface area contributed by atoms with Crippen LogP contribution in [0, 0.1) is 19.7 Å². The fraction of sp³-hybridized carbons (Fsp3) is 0.200. The van der Waals surface area contributed by atoms with Gasteiger partial charge in [0.1, 0.15) is 12.4 Å². The zero-order chi connectivity index (χ0) is 14.0. The Morgan fingerprint density at radius 1 is 1.26 bits per heavy atom. The lowest BCUT2D eigenvalue weighted by molar-refractivity contribution is 0.300. The molecule has 0 bridgehead atoms. The van der Waals surface area contributed by atoms with E-state index in [0.717, 1.165) is 5.56 Å². The van der Waals surface area contributed by atoms with Gasteiger partial charge < -0.3 is 15.6 Å². The number of rotatable bonds is 3. The van der Waals surface area contributed by atoms with Gasteiger partial charge in [-0.05, 0) is 31.5 Å². The number of nitrogen functional groups attached to an aromatic ring is 1. The molecule has 0 aromatic heterocycles. The van der Waals surface area contributed by atoms with Gasteiger partial charge in [-0.1, -0.05) is 18.2 Å². The number of aryl methyl sites for hydroxylation is 1. The Kier molecular flexibility index (Phi) is 3.60. The van der Waals surface area contributed by atoms with Gasteiger partial charge in [-0.3, -0.25) is 0 Å². The van der Waals surface area contributed by atoms with Crippen molar-refractivity contribution in [2.24, 2.45) is 0 Å². The molecule has 2 aromatic carbocycles. The minimum atomic E-state index is -0.643. The number of nitrogens with two attached hydrogens (primary N) is 1. The summed E-state index contributed by atoms with van der Waals surface area (Å²) >= 11 is 0. The Labute approximate surface area is 111 Å². The standard InChI is InChI=1S/C15H16FNO2/c1-9-7-13(10(2)14(16)15(9)18)19-8-11-5-3-4-6-12(11)17/h3-7,18H,8,17H2,1-2H3. The zero-order valence-electron chi connectivity index (χ0n) is 10.9. The number of benzene rings is 2. The molecule has 0 radical (unpaired) electrons. The number of anilines is 1. The number of ether oxygens (including phenoxy) is 1. The molecule has 0 unspecified atom stereocenters. The number of hydrogen-bond acceptors (Lipinski definition) is 3. The number of hydrogen-bond donors (Lipinski definition) is 2. The van der Waals surface area contributed by atoms with E-state index < -0.39 is 5.82 Å². The summed E-state index contributed by atoms with van der Waals surface area (Å²) in [6, 6.07) is 8.97. The van der Waals surface area contributed by atoms with Gasteiger partial charge in [0.05, 0.1) is 0 Å². The Hall–Kier alpha value is -2.23. The van der Waals surface area contributed by atoms with Crippen molar-refractivity contribution < 1.29 is 14.2 Å². The Balaban J connectivity index is 2.23. The van der Waals surface area contributed by atoms with Gasteiger partial charge in [0.15, 0.2) is 11.6 Å². The summed E-state index contributed by atoms with van der Waals surface area (Å²) in [5, 5.41) is 9.49. The first-order valence-electron chi connectivity index (χ1n) is 5.95. The molecule has 0 saturated carbocycles. The third kappa shape index (κ3) is 2.62. The molecule has 0 aliphatic carbocycles. The molecule has 3 N–H and O–H groups in total.